The molecule has 0 radical (unpaired) electrons. The fourth-order valence-electron chi connectivity index (χ4n) is 5.00. The molecule has 1 amide bonds. The van der Waals surface area contributed by atoms with Crippen LogP contribution in [-0.4, -0.2) is 52.1 Å². The number of fused-ring (bicyclic) bond motifs is 2. The maximum atomic E-state index is 14.8. The third-order valence-corrected chi connectivity index (χ3v) is 6.89. The Kier molecular flexibility index (Phi) is 5.40. The summed E-state index contributed by atoms with van der Waals surface area (Å²) in [6, 6.07) is 7.32. The highest BCUT2D eigenvalue weighted by Gasteiger charge is 2.49. The normalized spacial score (nSPS) is 19.3. The number of likely N-dealkylation sites (tertiary alicyclic amines) is 1. The molecule has 0 atom stereocenters. The average Bonchev–Trinajstić information content (AvgIpc) is 3.08. The number of carbonyl (C=O) groups is 1. The summed E-state index contributed by atoms with van der Waals surface area (Å²) in [6.45, 7) is 4.38. The Morgan fingerprint density at radius 3 is 2.16 bits per heavy atom. The lowest BCUT2D eigenvalue weighted by Gasteiger charge is -2.50. The van der Waals surface area contributed by atoms with Gasteiger partial charge < -0.3 is 14.6 Å². The number of aliphatic hydroxyl groups is 1. The second kappa shape index (κ2) is 7.59. The van der Waals surface area contributed by atoms with Gasteiger partial charge in [-0.15, -0.1) is 0 Å². The molecule has 9 heteroatoms. The molecule has 2 aromatic rings. The van der Waals surface area contributed by atoms with Gasteiger partial charge in [0.15, 0.2) is 0 Å². The van der Waals surface area contributed by atoms with Gasteiger partial charge in [0, 0.05) is 37.8 Å². The van der Waals surface area contributed by atoms with Crippen molar-refractivity contribution in [3.8, 4) is 0 Å². The summed E-state index contributed by atoms with van der Waals surface area (Å²) in [6.07, 6.45) is -3.94. The van der Waals surface area contributed by atoms with Crippen LogP contribution in [0.3, 0.4) is 0 Å². The van der Waals surface area contributed by atoms with E-state index in [4.69, 9.17) is 0 Å². The van der Waals surface area contributed by atoms with Gasteiger partial charge in [-0.25, -0.2) is 4.39 Å². The summed E-state index contributed by atoms with van der Waals surface area (Å²) in [5, 5.41) is 10.1. The Hall–Kier alpha value is -2.39. The molecule has 1 aromatic carbocycles. The van der Waals surface area contributed by atoms with E-state index in [9.17, 15) is 27.5 Å². The first kappa shape index (κ1) is 22.8. The SMILES string of the molecule is CN1CCn2c(C(F)(F)F)cc(F)c2C12CCN(C(=O)c1ccc(C(C)(C)O)cc1)CC2. The number of piperidine rings is 1. The molecule has 2 aliphatic heterocycles. The van der Waals surface area contributed by atoms with Crippen molar-refractivity contribution in [3.63, 3.8) is 0 Å². The Labute approximate surface area is 184 Å². The van der Waals surface area contributed by atoms with Gasteiger partial charge in [0.05, 0.1) is 16.8 Å². The van der Waals surface area contributed by atoms with Gasteiger partial charge >= 0.3 is 6.18 Å². The predicted octanol–water partition coefficient (Wildman–Crippen LogP) is 3.95. The van der Waals surface area contributed by atoms with Crippen molar-refractivity contribution in [3.05, 3.63) is 58.7 Å². The second-order valence-corrected chi connectivity index (χ2v) is 9.26. The van der Waals surface area contributed by atoms with E-state index >= 15 is 0 Å². The Morgan fingerprint density at radius 1 is 1.03 bits per heavy atom. The average molecular weight is 453 g/mol. The minimum atomic E-state index is -4.62. The lowest BCUT2D eigenvalue weighted by atomic mass is 9.81. The summed E-state index contributed by atoms with van der Waals surface area (Å²) < 4.78 is 56.2. The zero-order valence-electron chi connectivity index (χ0n) is 18.3. The highest BCUT2D eigenvalue weighted by atomic mass is 19.4. The first-order valence-electron chi connectivity index (χ1n) is 10.6. The largest absolute Gasteiger partial charge is 0.431 e. The fourth-order valence-corrected chi connectivity index (χ4v) is 5.00. The minimum absolute atomic E-state index is 0.0696. The van der Waals surface area contributed by atoms with Crippen molar-refractivity contribution in [2.75, 3.05) is 26.7 Å². The van der Waals surface area contributed by atoms with Crippen LogP contribution >= 0.6 is 0 Å². The van der Waals surface area contributed by atoms with Gasteiger partial charge in [-0.2, -0.15) is 13.2 Å². The predicted molar refractivity (Wildman–Crippen MR) is 111 cm³/mol. The minimum Gasteiger partial charge on any atom is -0.386 e. The number of aromatic nitrogens is 1. The smallest absolute Gasteiger partial charge is 0.386 e. The molecule has 1 spiro atoms. The number of likely N-dealkylation sites (N-methyl/N-ethyl adjacent to an activating group) is 1. The summed E-state index contributed by atoms with van der Waals surface area (Å²) >= 11 is 0. The lowest BCUT2D eigenvalue weighted by molar-refractivity contribution is -0.144. The Balaban J connectivity index is 1.57. The van der Waals surface area contributed by atoms with E-state index in [1.807, 2.05) is 4.90 Å². The van der Waals surface area contributed by atoms with E-state index in [-0.39, 0.29) is 18.1 Å². The first-order chi connectivity index (χ1) is 14.8. The standard InChI is InChI=1S/C23H27F4N3O2/c1-21(2,32)16-6-4-15(5-7-16)20(31)29-10-8-22(9-11-29)19-17(24)14-18(23(25,26)27)30(19)13-12-28(22)3/h4-7,14,32H,8-13H2,1-3H3. The third kappa shape index (κ3) is 3.71. The molecule has 1 N–H and O–H groups in total. The van der Waals surface area contributed by atoms with E-state index in [2.05, 4.69) is 0 Å². The van der Waals surface area contributed by atoms with Gasteiger partial charge in [0.2, 0.25) is 0 Å². The molecule has 0 saturated carbocycles. The van der Waals surface area contributed by atoms with Crippen LogP contribution in [0, 0.1) is 5.82 Å². The Morgan fingerprint density at radius 2 is 1.62 bits per heavy atom. The first-order valence-corrected chi connectivity index (χ1v) is 10.6. The van der Waals surface area contributed by atoms with Crippen LogP contribution in [0.2, 0.25) is 0 Å². The Bertz CT molecular complexity index is 1010. The number of hydrogen-bond acceptors (Lipinski definition) is 3. The van der Waals surface area contributed by atoms with Crippen molar-refractivity contribution >= 4 is 5.91 Å². The van der Waals surface area contributed by atoms with Crippen LogP contribution in [0.4, 0.5) is 17.6 Å². The quantitative estimate of drug-likeness (QED) is 0.701. The number of nitrogens with zero attached hydrogens (tertiary/aromatic N) is 3. The lowest BCUT2D eigenvalue weighted by Crippen LogP contribution is -2.57. The van der Waals surface area contributed by atoms with Crippen LogP contribution in [0.1, 0.15) is 54.0 Å². The molecule has 5 nitrogen and oxygen atoms in total. The topological polar surface area (TPSA) is 48.7 Å². The number of rotatable bonds is 2. The molecule has 1 saturated heterocycles. The van der Waals surface area contributed by atoms with Crippen LogP contribution in [0.5, 0.6) is 0 Å². The van der Waals surface area contributed by atoms with Crippen LogP contribution in [0.25, 0.3) is 0 Å². The monoisotopic (exact) mass is 453 g/mol. The van der Waals surface area contributed by atoms with Crippen molar-refractivity contribution in [2.45, 2.75) is 50.6 Å². The summed E-state index contributed by atoms with van der Waals surface area (Å²) in [5.74, 6) is -1.03. The zero-order chi connectivity index (χ0) is 23.5. The van der Waals surface area contributed by atoms with E-state index in [0.717, 1.165) is 4.57 Å². The summed E-state index contributed by atoms with van der Waals surface area (Å²) in [4.78, 5) is 16.6. The highest BCUT2D eigenvalue weighted by molar-refractivity contribution is 5.94. The number of hydrogen-bond donors (Lipinski definition) is 1. The molecule has 0 unspecified atom stereocenters. The molecule has 174 valence electrons. The molecule has 0 aliphatic carbocycles. The fraction of sp³-hybridized carbons (Fsp3) is 0.522. The van der Waals surface area contributed by atoms with Crippen LogP contribution in [-0.2, 0) is 23.9 Å². The molecule has 4 rings (SSSR count). The zero-order valence-corrected chi connectivity index (χ0v) is 18.3. The maximum absolute atomic E-state index is 14.8. The number of alkyl halides is 3. The number of halogens is 4. The maximum Gasteiger partial charge on any atom is 0.431 e. The molecule has 32 heavy (non-hydrogen) atoms. The molecule has 1 fully saturated rings. The summed E-state index contributed by atoms with van der Waals surface area (Å²) in [7, 11) is 1.80. The van der Waals surface area contributed by atoms with E-state index < -0.39 is 28.8 Å². The van der Waals surface area contributed by atoms with Gasteiger partial charge in [-0.3, -0.25) is 9.69 Å². The summed E-state index contributed by atoms with van der Waals surface area (Å²) in [5.41, 5.74) is -1.62. The van der Waals surface area contributed by atoms with Gasteiger partial charge in [-0.05, 0) is 51.4 Å². The van der Waals surface area contributed by atoms with Crippen LogP contribution < -0.4 is 0 Å². The van der Waals surface area contributed by atoms with Crippen LogP contribution in [0.15, 0.2) is 30.3 Å². The van der Waals surface area contributed by atoms with E-state index in [1.165, 1.54) is 0 Å². The molecular formula is C23H27F4N3O2. The third-order valence-electron chi connectivity index (χ3n) is 6.89. The van der Waals surface area contributed by atoms with Crippen molar-refractivity contribution in [1.82, 2.24) is 14.4 Å². The van der Waals surface area contributed by atoms with Crippen molar-refractivity contribution in [1.29, 1.82) is 0 Å². The molecule has 2 aliphatic rings. The molecule has 3 heterocycles. The van der Waals surface area contributed by atoms with E-state index in [0.29, 0.717) is 49.7 Å². The number of amides is 1. The van der Waals surface area contributed by atoms with Gasteiger partial charge in [0.1, 0.15) is 11.5 Å². The molecular weight excluding hydrogens is 426 g/mol. The number of benzene rings is 1. The molecule has 1 aromatic heterocycles. The van der Waals surface area contributed by atoms with Crippen molar-refractivity contribution in [2.24, 2.45) is 0 Å². The molecule has 0 bridgehead atoms. The second-order valence-electron chi connectivity index (χ2n) is 9.26. The number of carbonyl (C=O) groups excluding carboxylic acids is 1. The van der Waals surface area contributed by atoms with Gasteiger partial charge in [-0.1, -0.05) is 12.1 Å². The van der Waals surface area contributed by atoms with Crippen molar-refractivity contribution < 1.29 is 27.5 Å². The van der Waals surface area contributed by atoms with E-state index in [1.54, 1.807) is 50.1 Å². The van der Waals surface area contributed by atoms with Gasteiger partial charge in [0.25, 0.3) is 5.91 Å². The highest BCUT2D eigenvalue weighted by Crippen LogP contribution is 2.45.